The molecule has 9 nitrogen and oxygen atoms in total. The number of nitrogens with zero attached hydrogens (tertiary/aromatic N) is 4. The summed E-state index contributed by atoms with van der Waals surface area (Å²) in [4.78, 5) is 4.09. The van der Waals surface area contributed by atoms with Gasteiger partial charge in [0.15, 0.2) is 5.76 Å². The summed E-state index contributed by atoms with van der Waals surface area (Å²) >= 11 is 0. The fraction of sp³-hybridized carbons (Fsp3) is 0.529. The number of hydrogen-bond acceptors (Lipinski definition) is 7. The average molecular weight is 429 g/mol. The molecule has 1 aliphatic rings. The monoisotopic (exact) mass is 428 g/mol. The van der Waals surface area contributed by atoms with Crippen LogP contribution in [0, 0.1) is 13.8 Å². The van der Waals surface area contributed by atoms with Crippen LogP contribution in [-0.2, 0) is 26.6 Å². The predicted molar refractivity (Wildman–Crippen MR) is 102 cm³/mol. The highest BCUT2D eigenvalue weighted by molar-refractivity contribution is 7.89. The van der Waals surface area contributed by atoms with E-state index in [1.165, 1.54) is 8.61 Å². The van der Waals surface area contributed by atoms with E-state index in [4.69, 9.17) is 4.52 Å². The Balaban J connectivity index is 1.88. The molecule has 0 N–H and O–H groups in total. The van der Waals surface area contributed by atoms with Crippen LogP contribution in [0.15, 0.2) is 33.9 Å². The molecular formula is C17H24N4O5S2. The summed E-state index contributed by atoms with van der Waals surface area (Å²) < 4.78 is 58.8. The summed E-state index contributed by atoms with van der Waals surface area (Å²) in [6, 6.07) is 3.08. The Hall–Kier alpha value is -1.82. The first-order valence-electron chi connectivity index (χ1n) is 8.89. The third-order valence-corrected chi connectivity index (χ3v) is 8.21. The smallest absolute Gasteiger partial charge is 0.248 e. The van der Waals surface area contributed by atoms with Crippen molar-refractivity contribution in [2.75, 3.05) is 19.3 Å². The zero-order chi connectivity index (χ0) is 20.5. The Morgan fingerprint density at radius 3 is 2.61 bits per heavy atom. The van der Waals surface area contributed by atoms with E-state index in [-0.39, 0.29) is 23.7 Å². The molecule has 0 amide bonds. The van der Waals surface area contributed by atoms with E-state index in [9.17, 15) is 16.8 Å². The van der Waals surface area contributed by atoms with E-state index >= 15 is 0 Å². The van der Waals surface area contributed by atoms with Crippen LogP contribution in [-0.4, -0.2) is 61.0 Å². The third kappa shape index (κ3) is 4.27. The van der Waals surface area contributed by atoms with Gasteiger partial charge in [0.05, 0.1) is 6.26 Å². The summed E-state index contributed by atoms with van der Waals surface area (Å²) in [7, 11) is -7.37. The molecule has 2 aromatic heterocycles. The summed E-state index contributed by atoms with van der Waals surface area (Å²) in [5.74, 6) is 0.231. The van der Waals surface area contributed by atoms with Crippen LogP contribution < -0.4 is 0 Å². The first kappa shape index (κ1) is 20.9. The van der Waals surface area contributed by atoms with Crippen molar-refractivity contribution >= 4 is 20.0 Å². The van der Waals surface area contributed by atoms with Crippen LogP contribution >= 0.6 is 0 Å². The van der Waals surface area contributed by atoms with E-state index in [1.807, 2.05) is 0 Å². The summed E-state index contributed by atoms with van der Waals surface area (Å²) in [6.45, 7) is 3.69. The van der Waals surface area contributed by atoms with Crippen LogP contribution in [0.1, 0.15) is 29.9 Å². The van der Waals surface area contributed by atoms with Gasteiger partial charge in [-0.2, -0.15) is 8.61 Å². The van der Waals surface area contributed by atoms with Crippen molar-refractivity contribution in [1.29, 1.82) is 0 Å². The van der Waals surface area contributed by atoms with Gasteiger partial charge in [0.25, 0.3) is 0 Å². The molecular weight excluding hydrogens is 404 g/mol. The molecule has 0 radical (unpaired) electrons. The van der Waals surface area contributed by atoms with Gasteiger partial charge in [0.1, 0.15) is 10.6 Å². The topological polar surface area (TPSA) is 114 Å². The maximum Gasteiger partial charge on any atom is 0.248 e. The van der Waals surface area contributed by atoms with Crippen LogP contribution in [0.5, 0.6) is 0 Å². The average Bonchev–Trinajstić information content (AvgIpc) is 2.99. The second-order valence-corrected chi connectivity index (χ2v) is 10.8. The zero-order valence-corrected chi connectivity index (χ0v) is 17.7. The Morgan fingerprint density at radius 1 is 1.29 bits per heavy atom. The number of rotatable bonds is 6. The van der Waals surface area contributed by atoms with E-state index < -0.39 is 26.1 Å². The normalized spacial score (nSPS) is 19.2. The second-order valence-electron chi connectivity index (χ2n) is 6.98. The molecule has 1 atom stereocenters. The molecule has 1 unspecified atom stereocenters. The van der Waals surface area contributed by atoms with Gasteiger partial charge in [-0.05, 0) is 38.3 Å². The number of aromatic nitrogens is 2. The van der Waals surface area contributed by atoms with Crippen molar-refractivity contribution in [2.24, 2.45) is 0 Å². The first-order valence-corrected chi connectivity index (χ1v) is 12.2. The lowest BCUT2D eigenvalue weighted by atomic mass is 10.1. The van der Waals surface area contributed by atoms with Crippen LogP contribution in [0.3, 0.4) is 0 Å². The molecule has 11 heteroatoms. The second kappa shape index (κ2) is 7.90. The molecule has 1 aliphatic heterocycles. The lowest BCUT2D eigenvalue weighted by molar-refractivity contribution is 0.206. The number of hydrogen-bond donors (Lipinski definition) is 0. The molecule has 1 saturated heterocycles. The summed E-state index contributed by atoms with van der Waals surface area (Å²) in [6.07, 6.45) is 5.52. The predicted octanol–water partition coefficient (Wildman–Crippen LogP) is 1.30. The zero-order valence-electron chi connectivity index (χ0n) is 16.1. The molecule has 0 aromatic carbocycles. The van der Waals surface area contributed by atoms with E-state index in [1.54, 1.807) is 38.4 Å². The lowest BCUT2D eigenvalue weighted by Crippen LogP contribution is -2.51. The molecule has 3 heterocycles. The number of sulfonamides is 2. The first-order chi connectivity index (χ1) is 13.1. The minimum Gasteiger partial charge on any atom is -0.360 e. The molecule has 0 saturated carbocycles. The van der Waals surface area contributed by atoms with Crippen molar-refractivity contribution in [3.8, 4) is 0 Å². The maximum atomic E-state index is 13.1. The quantitative estimate of drug-likeness (QED) is 0.681. The lowest BCUT2D eigenvalue weighted by Gasteiger charge is -2.37. The highest BCUT2D eigenvalue weighted by Gasteiger charge is 2.38. The van der Waals surface area contributed by atoms with Crippen molar-refractivity contribution in [3.05, 3.63) is 41.5 Å². The minimum atomic E-state index is -3.82. The van der Waals surface area contributed by atoms with Gasteiger partial charge in [-0.15, -0.1) is 0 Å². The molecule has 28 heavy (non-hydrogen) atoms. The maximum absolute atomic E-state index is 13.1. The van der Waals surface area contributed by atoms with Crippen LogP contribution in [0.2, 0.25) is 0 Å². The van der Waals surface area contributed by atoms with Gasteiger partial charge in [-0.1, -0.05) is 11.2 Å². The van der Waals surface area contributed by atoms with Gasteiger partial charge in [-0.3, -0.25) is 4.98 Å². The fourth-order valence-electron chi connectivity index (χ4n) is 3.53. The summed E-state index contributed by atoms with van der Waals surface area (Å²) in [5.41, 5.74) is 1.05. The largest absolute Gasteiger partial charge is 0.360 e. The minimum absolute atomic E-state index is 0.0614. The Kier molecular flexibility index (Phi) is 5.89. The molecule has 1 fully saturated rings. The van der Waals surface area contributed by atoms with Crippen LogP contribution in [0.4, 0.5) is 0 Å². The highest BCUT2D eigenvalue weighted by atomic mass is 32.2. The fourth-order valence-corrected chi connectivity index (χ4v) is 6.44. The Morgan fingerprint density at radius 2 is 2.04 bits per heavy atom. The molecule has 2 aromatic rings. The van der Waals surface area contributed by atoms with Crippen molar-refractivity contribution in [3.63, 3.8) is 0 Å². The molecule has 0 spiro atoms. The SMILES string of the molecule is Cc1noc(C)c1S(=O)(=O)N1CCCC(N(Cc2cccnc2)S(C)(=O)=O)C1. The number of pyridine rings is 1. The van der Waals surface area contributed by atoms with Gasteiger partial charge >= 0.3 is 0 Å². The van der Waals surface area contributed by atoms with Crippen molar-refractivity contribution < 1.29 is 21.4 Å². The van der Waals surface area contributed by atoms with Crippen molar-refractivity contribution in [1.82, 2.24) is 18.8 Å². The number of piperidine rings is 1. The molecule has 0 aliphatic carbocycles. The Bertz CT molecular complexity index is 1020. The van der Waals surface area contributed by atoms with Crippen LogP contribution in [0.25, 0.3) is 0 Å². The third-order valence-electron chi connectivity index (χ3n) is 4.82. The highest BCUT2D eigenvalue weighted by Crippen LogP contribution is 2.28. The Labute approximate surface area is 165 Å². The van der Waals surface area contributed by atoms with Gasteiger partial charge in [0.2, 0.25) is 20.0 Å². The van der Waals surface area contributed by atoms with E-state index in [2.05, 4.69) is 10.1 Å². The standard InChI is InChI=1S/C17H24N4O5S2/c1-13-17(14(2)26-19-13)28(24,25)20-9-5-7-16(12-20)21(27(3,22)23)11-15-6-4-8-18-10-15/h4,6,8,10,16H,5,7,9,11-12H2,1-3H3. The molecule has 154 valence electrons. The van der Waals surface area contributed by atoms with Crippen molar-refractivity contribution in [2.45, 2.75) is 44.2 Å². The van der Waals surface area contributed by atoms with Gasteiger partial charge in [-0.25, -0.2) is 16.8 Å². The molecule has 0 bridgehead atoms. The van der Waals surface area contributed by atoms with Gasteiger partial charge in [0, 0.05) is 38.1 Å². The van der Waals surface area contributed by atoms with E-state index in [0.29, 0.717) is 25.1 Å². The number of aryl methyl sites for hydroxylation is 2. The van der Waals surface area contributed by atoms with Gasteiger partial charge < -0.3 is 4.52 Å². The van der Waals surface area contributed by atoms with E-state index in [0.717, 1.165) is 11.8 Å². The summed E-state index contributed by atoms with van der Waals surface area (Å²) in [5, 5.41) is 3.73. The molecule has 3 rings (SSSR count).